The van der Waals surface area contributed by atoms with Crippen LogP contribution in [-0.4, -0.2) is 32.2 Å². The Morgan fingerprint density at radius 3 is 2.32 bits per heavy atom. The van der Waals surface area contributed by atoms with Crippen LogP contribution < -0.4 is 5.32 Å². The highest BCUT2D eigenvalue weighted by Crippen LogP contribution is 2.22. The van der Waals surface area contributed by atoms with E-state index in [2.05, 4.69) is 5.32 Å². The first-order valence-electron chi connectivity index (χ1n) is 8.85. The molecule has 6 nitrogen and oxygen atoms in total. The van der Waals surface area contributed by atoms with E-state index in [0.717, 1.165) is 5.56 Å². The van der Waals surface area contributed by atoms with Crippen molar-refractivity contribution in [3.8, 4) is 0 Å². The fourth-order valence-corrected chi connectivity index (χ4v) is 3.63. The summed E-state index contributed by atoms with van der Waals surface area (Å²) in [7, 11) is -3.59. The van der Waals surface area contributed by atoms with Crippen molar-refractivity contribution in [3.05, 3.63) is 65.7 Å². The maximum Gasteiger partial charge on any atom is 0.330 e. The minimum absolute atomic E-state index is 0.0106. The smallest absolute Gasteiger partial charge is 0.330 e. The molecule has 0 aliphatic carbocycles. The molecule has 0 fully saturated rings. The summed E-state index contributed by atoms with van der Waals surface area (Å²) in [5, 5.41) is 2.07. The lowest BCUT2D eigenvalue weighted by Gasteiger charge is -2.13. The quantitative estimate of drug-likeness (QED) is 0.564. The zero-order valence-electron chi connectivity index (χ0n) is 16.0. The van der Waals surface area contributed by atoms with Gasteiger partial charge in [0.05, 0.1) is 22.3 Å². The number of hydrogen-bond acceptors (Lipinski definition) is 5. The molecule has 0 aliphatic heterocycles. The Bertz CT molecular complexity index is 976. The number of benzene rings is 2. The molecule has 0 heterocycles. The molecule has 2 aromatic carbocycles. The minimum Gasteiger partial charge on any atom is -0.463 e. The maximum atomic E-state index is 12.6. The minimum atomic E-state index is -3.59. The van der Waals surface area contributed by atoms with Gasteiger partial charge in [0.2, 0.25) is 0 Å². The van der Waals surface area contributed by atoms with Gasteiger partial charge in [0.15, 0.2) is 9.84 Å². The lowest BCUT2D eigenvalue weighted by Crippen LogP contribution is -2.20. The molecule has 0 unspecified atom stereocenters. The molecule has 28 heavy (non-hydrogen) atoms. The molecule has 0 spiro atoms. The van der Waals surface area contributed by atoms with Crippen molar-refractivity contribution >= 4 is 33.5 Å². The van der Waals surface area contributed by atoms with Gasteiger partial charge in [-0.1, -0.05) is 24.3 Å². The van der Waals surface area contributed by atoms with Gasteiger partial charge >= 0.3 is 5.97 Å². The van der Waals surface area contributed by atoms with Crippen LogP contribution in [-0.2, 0) is 19.4 Å². The number of rotatable bonds is 7. The second-order valence-electron chi connectivity index (χ2n) is 6.25. The summed E-state index contributed by atoms with van der Waals surface area (Å²) >= 11 is 0. The van der Waals surface area contributed by atoms with E-state index in [9.17, 15) is 18.0 Å². The van der Waals surface area contributed by atoms with Crippen molar-refractivity contribution in [2.45, 2.75) is 30.9 Å². The predicted octanol–water partition coefficient (Wildman–Crippen LogP) is 3.70. The first-order chi connectivity index (χ1) is 13.3. The summed E-state index contributed by atoms with van der Waals surface area (Å²) in [5.41, 5.74) is 1.37. The summed E-state index contributed by atoms with van der Waals surface area (Å²) in [6.45, 7) is 5.19. The van der Waals surface area contributed by atoms with Crippen molar-refractivity contribution in [1.82, 2.24) is 0 Å². The van der Waals surface area contributed by atoms with Gasteiger partial charge < -0.3 is 10.1 Å². The number of sulfone groups is 1. The average Bonchev–Trinajstić information content (AvgIpc) is 2.67. The molecule has 0 radical (unpaired) electrons. The van der Waals surface area contributed by atoms with Crippen molar-refractivity contribution in [3.63, 3.8) is 0 Å². The fraction of sp³-hybridized carbons (Fsp3) is 0.238. The maximum absolute atomic E-state index is 12.6. The van der Waals surface area contributed by atoms with Crippen molar-refractivity contribution in [2.75, 3.05) is 11.9 Å². The number of anilines is 1. The lowest BCUT2D eigenvalue weighted by molar-refractivity contribution is -0.137. The van der Waals surface area contributed by atoms with Crippen molar-refractivity contribution < 1.29 is 22.7 Å². The largest absolute Gasteiger partial charge is 0.463 e. The van der Waals surface area contributed by atoms with Gasteiger partial charge in [-0.2, -0.15) is 0 Å². The molecule has 0 atom stereocenters. The molecule has 1 N–H and O–H groups in total. The van der Waals surface area contributed by atoms with E-state index in [1.165, 1.54) is 18.2 Å². The fourth-order valence-electron chi connectivity index (χ4n) is 2.39. The highest BCUT2D eigenvalue weighted by atomic mass is 32.2. The predicted molar refractivity (Wildman–Crippen MR) is 109 cm³/mol. The number of amides is 1. The van der Waals surface area contributed by atoms with Crippen LogP contribution in [0.1, 0.15) is 36.7 Å². The van der Waals surface area contributed by atoms with E-state index in [1.807, 2.05) is 0 Å². The van der Waals surface area contributed by atoms with Crippen LogP contribution in [0.3, 0.4) is 0 Å². The first-order valence-corrected chi connectivity index (χ1v) is 10.4. The number of nitrogens with one attached hydrogen (secondary N) is 1. The van der Waals surface area contributed by atoms with Gasteiger partial charge in [0, 0.05) is 11.8 Å². The molecule has 2 rings (SSSR count). The molecule has 0 saturated heterocycles. The molecule has 0 saturated carbocycles. The third-order valence-corrected chi connectivity index (χ3v) is 6.14. The number of carbonyl (C=O) groups excluding carboxylic acids is 2. The van der Waals surface area contributed by atoms with Crippen LogP contribution in [0, 0.1) is 0 Å². The second kappa shape index (κ2) is 9.32. The van der Waals surface area contributed by atoms with Gasteiger partial charge in [-0.25, -0.2) is 13.2 Å². The van der Waals surface area contributed by atoms with Crippen molar-refractivity contribution in [2.24, 2.45) is 0 Å². The van der Waals surface area contributed by atoms with Crippen LogP contribution in [0.4, 0.5) is 5.69 Å². The number of esters is 1. The van der Waals surface area contributed by atoms with Gasteiger partial charge in [-0.05, 0) is 56.7 Å². The molecule has 0 bridgehead atoms. The summed E-state index contributed by atoms with van der Waals surface area (Å²) in [4.78, 5) is 24.0. The zero-order valence-corrected chi connectivity index (χ0v) is 16.8. The Morgan fingerprint density at radius 1 is 1.07 bits per heavy atom. The molecular weight excluding hydrogens is 378 g/mol. The number of hydrogen-bond donors (Lipinski definition) is 1. The van der Waals surface area contributed by atoms with Crippen LogP contribution in [0.15, 0.2) is 59.5 Å². The topological polar surface area (TPSA) is 89.5 Å². The Kier molecular flexibility index (Phi) is 7.12. The third kappa shape index (κ3) is 5.29. The molecule has 148 valence electrons. The molecule has 7 heteroatoms. The first kappa shape index (κ1) is 21.4. The highest BCUT2D eigenvalue weighted by Gasteiger charge is 2.25. The van der Waals surface area contributed by atoms with Crippen LogP contribution >= 0.6 is 0 Å². The number of carbonyl (C=O) groups is 2. The van der Waals surface area contributed by atoms with Gasteiger partial charge in [0.25, 0.3) is 5.91 Å². The Morgan fingerprint density at radius 2 is 1.71 bits per heavy atom. The molecule has 0 aliphatic rings. The third-order valence-electron chi connectivity index (χ3n) is 3.93. The summed E-state index contributed by atoms with van der Waals surface area (Å²) in [6, 6.07) is 12.9. The Hall–Kier alpha value is -2.93. The van der Waals surface area contributed by atoms with Gasteiger partial charge in [0.1, 0.15) is 0 Å². The van der Waals surface area contributed by atoms with E-state index in [-0.39, 0.29) is 10.5 Å². The van der Waals surface area contributed by atoms with E-state index < -0.39 is 27.0 Å². The molecule has 0 aromatic heterocycles. The number of ether oxygens (including phenoxy) is 1. The van der Waals surface area contributed by atoms with E-state index in [0.29, 0.717) is 12.3 Å². The van der Waals surface area contributed by atoms with E-state index in [1.54, 1.807) is 63.2 Å². The monoisotopic (exact) mass is 401 g/mol. The SMILES string of the molecule is CCOC(=O)/C=C/c1ccc(NC(=O)c2ccccc2S(=O)(=O)C(C)C)cc1. The highest BCUT2D eigenvalue weighted by molar-refractivity contribution is 7.92. The molecule has 2 aromatic rings. The van der Waals surface area contributed by atoms with E-state index >= 15 is 0 Å². The van der Waals surface area contributed by atoms with E-state index in [4.69, 9.17) is 4.74 Å². The molecule has 1 amide bonds. The Balaban J connectivity index is 2.17. The molecular formula is C21H23NO5S. The van der Waals surface area contributed by atoms with Crippen LogP contribution in [0.5, 0.6) is 0 Å². The summed E-state index contributed by atoms with van der Waals surface area (Å²) in [5.74, 6) is -0.933. The standard InChI is InChI=1S/C21H23NO5S/c1-4-27-20(23)14-11-16-9-12-17(13-10-16)22-21(24)18-7-5-6-8-19(18)28(25,26)15(2)3/h5-15H,4H2,1-3H3,(H,22,24)/b14-11+. The summed E-state index contributed by atoms with van der Waals surface area (Å²) < 4.78 is 29.8. The average molecular weight is 401 g/mol. The summed E-state index contributed by atoms with van der Waals surface area (Å²) in [6.07, 6.45) is 2.93. The van der Waals surface area contributed by atoms with Crippen LogP contribution in [0.25, 0.3) is 6.08 Å². The van der Waals surface area contributed by atoms with Gasteiger partial charge in [-0.15, -0.1) is 0 Å². The van der Waals surface area contributed by atoms with Crippen LogP contribution in [0.2, 0.25) is 0 Å². The lowest BCUT2D eigenvalue weighted by atomic mass is 10.1. The second-order valence-corrected chi connectivity index (χ2v) is 8.72. The van der Waals surface area contributed by atoms with Crippen molar-refractivity contribution in [1.29, 1.82) is 0 Å². The Labute approximate surface area is 165 Å². The van der Waals surface area contributed by atoms with Gasteiger partial charge in [-0.3, -0.25) is 4.79 Å². The normalized spacial score (nSPS) is 11.6. The zero-order chi connectivity index (χ0) is 20.7.